The molecule has 1 aromatic heterocycles. The summed E-state index contributed by atoms with van der Waals surface area (Å²) >= 11 is 5.52. The number of pyridine rings is 1. The van der Waals surface area contributed by atoms with Crippen LogP contribution in [0.3, 0.4) is 0 Å². The summed E-state index contributed by atoms with van der Waals surface area (Å²) in [5.41, 5.74) is -0.159. The van der Waals surface area contributed by atoms with Crippen LogP contribution in [0, 0.1) is 5.82 Å². The molecule has 19 heavy (non-hydrogen) atoms. The summed E-state index contributed by atoms with van der Waals surface area (Å²) in [5.74, 6) is 1.19. The fraction of sp³-hybridized carbons (Fsp3) is 0.462. The van der Waals surface area contributed by atoms with Crippen LogP contribution in [0.25, 0.3) is 6.08 Å². The predicted octanol–water partition coefficient (Wildman–Crippen LogP) is 3.52. The van der Waals surface area contributed by atoms with E-state index in [9.17, 15) is 4.39 Å². The van der Waals surface area contributed by atoms with Gasteiger partial charge >= 0.3 is 7.12 Å². The van der Waals surface area contributed by atoms with Crippen LogP contribution in [-0.4, -0.2) is 23.3 Å². The fourth-order valence-electron chi connectivity index (χ4n) is 1.68. The Kier molecular flexibility index (Phi) is 3.73. The highest BCUT2D eigenvalue weighted by molar-refractivity contribution is 6.52. The molecule has 1 aromatic rings. The summed E-state index contributed by atoms with van der Waals surface area (Å²) in [6, 6.07) is 1.32. The Labute approximate surface area is 117 Å². The molecule has 1 saturated heterocycles. The first-order chi connectivity index (χ1) is 8.71. The van der Waals surface area contributed by atoms with Crippen molar-refractivity contribution >= 4 is 24.8 Å². The minimum atomic E-state index is -0.544. The quantitative estimate of drug-likeness (QED) is 0.615. The van der Waals surface area contributed by atoms with Gasteiger partial charge in [0.2, 0.25) is 0 Å². The van der Waals surface area contributed by atoms with Crippen molar-refractivity contribution in [1.29, 1.82) is 0 Å². The molecule has 2 heterocycles. The highest BCUT2D eigenvalue weighted by Crippen LogP contribution is 2.37. The third-order valence-corrected chi connectivity index (χ3v) is 3.81. The van der Waals surface area contributed by atoms with E-state index in [-0.39, 0.29) is 16.4 Å². The zero-order valence-corrected chi connectivity index (χ0v) is 12.2. The molecular weight excluding hydrogens is 267 g/mol. The molecule has 6 heteroatoms. The van der Waals surface area contributed by atoms with Gasteiger partial charge in [0.1, 0.15) is 0 Å². The number of hydrogen-bond donors (Lipinski definition) is 0. The first-order valence-corrected chi connectivity index (χ1v) is 6.44. The standard InChI is InChI=1S/C13H16BClFNO2/c1-12(2)13(3,4)19-14(18-12)6-5-9-7-10(16)11(15)17-8-9/h5-8H,1-4H3/b6-5+. The van der Waals surface area contributed by atoms with Crippen molar-refractivity contribution in [1.82, 2.24) is 4.98 Å². The Bertz CT molecular complexity index is 503. The van der Waals surface area contributed by atoms with Crippen LogP contribution in [-0.2, 0) is 9.31 Å². The number of rotatable bonds is 2. The minimum Gasteiger partial charge on any atom is -0.400 e. The Balaban J connectivity index is 2.10. The summed E-state index contributed by atoms with van der Waals surface area (Å²) in [4.78, 5) is 3.74. The van der Waals surface area contributed by atoms with Gasteiger partial charge in [-0.25, -0.2) is 9.37 Å². The lowest BCUT2D eigenvalue weighted by atomic mass is 9.89. The van der Waals surface area contributed by atoms with Crippen LogP contribution in [0.15, 0.2) is 18.2 Å². The van der Waals surface area contributed by atoms with Gasteiger partial charge in [0.25, 0.3) is 0 Å². The molecule has 0 aromatic carbocycles. The van der Waals surface area contributed by atoms with E-state index < -0.39 is 12.9 Å². The molecule has 0 amide bonds. The summed E-state index contributed by atoms with van der Waals surface area (Å²) in [6.45, 7) is 7.91. The van der Waals surface area contributed by atoms with E-state index in [0.29, 0.717) is 5.56 Å². The second-order valence-electron chi connectivity index (χ2n) is 5.53. The number of halogens is 2. The number of nitrogens with zero attached hydrogens (tertiary/aromatic N) is 1. The summed E-state index contributed by atoms with van der Waals surface area (Å²) in [5, 5.41) is -0.132. The molecule has 3 nitrogen and oxygen atoms in total. The molecule has 1 fully saturated rings. The molecule has 0 saturated carbocycles. The highest BCUT2D eigenvalue weighted by atomic mass is 35.5. The van der Waals surface area contributed by atoms with Crippen LogP contribution in [0.2, 0.25) is 5.15 Å². The van der Waals surface area contributed by atoms with Gasteiger partial charge in [-0.1, -0.05) is 23.7 Å². The molecule has 0 bridgehead atoms. The molecule has 0 spiro atoms. The largest absolute Gasteiger partial charge is 0.487 e. The normalized spacial score (nSPS) is 21.3. The topological polar surface area (TPSA) is 31.4 Å². The van der Waals surface area contributed by atoms with Crippen molar-refractivity contribution in [2.45, 2.75) is 38.9 Å². The van der Waals surface area contributed by atoms with Crippen LogP contribution < -0.4 is 0 Å². The van der Waals surface area contributed by atoms with Gasteiger partial charge in [-0.3, -0.25) is 0 Å². The number of aromatic nitrogens is 1. The zero-order chi connectivity index (χ0) is 14.3. The van der Waals surface area contributed by atoms with E-state index in [4.69, 9.17) is 20.9 Å². The fourth-order valence-corrected chi connectivity index (χ4v) is 1.79. The van der Waals surface area contributed by atoms with Gasteiger partial charge in [-0.2, -0.15) is 0 Å². The van der Waals surface area contributed by atoms with E-state index in [2.05, 4.69) is 4.98 Å². The second-order valence-corrected chi connectivity index (χ2v) is 5.88. The van der Waals surface area contributed by atoms with Crippen molar-refractivity contribution < 1.29 is 13.7 Å². The van der Waals surface area contributed by atoms with Gasteiger partial charge in [-0.05, 0) is 39.3 Å². The summed E-state index contributed by atoms with van der Waals surface area (Å²) < 4.78 is 24.8. The summed E-state index contributed by atoms with van der Waals surface area (Å²) in [7, 11) is -0.455. The maximum absolute atomic E-state index is 13.2. The molecule has 102 valence electrons. The van der Waals surface area contributed by atoms with E-state index >= 15 is 0 Å². The lowest BCUT2D eigenvalue weighted by molar-refractivity contribution is 0.00578. The average molecular weight is 284 g/mol. The van der Waals surface area contributed by atoms with Crippen LogP contribution in [0.1, 0.15) is 33.3 Å². The van der Waals surface area contributed by atoms with Crippen molar-refractivity contribution in [3.05, 3.63) is 34.8 Å². The highest BCUT2D eigenvalue weighted by Gasteiger charge is 2.49. The maximum Gasteiger partial charge on any atom is 0.487 e. The average Bonchev–Trinajstić information content (AvgIpc) is 2.49. The zero-order valence-electron chi connectivity index (χ0n) is 11.4. The molecule has 0 atom stereocenters. The Morgan fingerprint density at radius 3 is 2.37 bits per heavy atom. The van der Waals surface area contributed by atoms with Gasteiger partial charge in [0, 0.05) is 6.20 Å². The Morgan fingerprint density at radius 1 is 1.26 bits per heavy atom. The van der Waals surface area contributed by atoms with Crippen molar-refractivity contribution in [3.63, 3.8) is 0 Å². The molecule has 0 radical (unpaired) electrons. The van der Waals surface area contributed by atoms with Crippen LogP contribution in [0.5, 0.6) is 0 Å². The third kappa shape index (κ3) is 2.99. The van der Waals surface area contributed by atoms with Gasteiger partial charge in [0.15, 0.2) is 11.0 Å². The van der Waals surface area contributed by atoms with E-state index in [0.717, 1.165) is 0 Å². The summed E-state index contributed by atoms with van der Waals surface area (Å²) in [6.07, 6.45) is 3.20. The molecule has 1 aliphatic heterocycles. The smallest absolute Gasteiger partial charge is 0.400 e. The Hall–Kier alpha value is -0.905. The molecular formula is C13H16BClFNO2. The first-order valence-electron chi connectivity index (χ1n) is 6.06. The van der Waals surface area contributed by atoms with Gasteiger partial charge in [0.05, 0.1) is 11.2 Å². The Morgan fingerprint density at radius 2 is 1.84 bits per heavy atom. The van der Waals surface area contributed by atoms with Gasteiger partial charge in [-0.15, -0.1) is 0 Å². The van der Waals surface area contributed by atoms with Crippen LogP contribution >= 0.6 is 11.6 Å². The molecule has 0 N–H and O–H groups in total. The third-order valence-electron chi connectivity index (χ3n) is 3.53. The molecule has 0 unspecified atom stereocenters. The van der Waals surface area contributed by atoms with Crippen molar-refractivity contribution in [2.24, 2.45) is 0 Å². The predicted molar refractivity (Wildman–Crippen MR) is 74.3 cm³/mol. The molecule has 0 aliphatic carbocycles. The van der Waals surface area contributed by atoms with Crippen LogP contribution in [0.4, 0.5) is 4.39 Å². The second kappa shape index (κ2) is 4.89. The maximum atomic E-state index is 13.2. The van der Waals surface area contributed by atoms with E-state index in [1.807, 2.05) is 27.7 Å². The molecule has 2 rings (SSSR count). The lowest BCUT2D eigenvalue weighted by Crippen LogP contribution is -2.41. The van der Waals surface area contributed by atoms with Gasteiger partial charge < -0.3 is 9.31 Å². The molecule has 1 aliphatic rings. The SMILES string of the molecule is CC1(C)OB(/C=C/c2cnc(Cl)c(F)c2)OC1(C)C. The first kappa shape index (κ1) is 14.5. The minimum absolute atomic E-state index is 0.132. The van der Waals surface area contributed by atoms with E-state index in [1.165, 1.54) is 12.3 Å². The van der Waals surface area contributed by atoms with Crippen molar-refractivity contribution in [3.8, 4) is 0 Å². The lowest BCUT2D eigenvalue weighted by Gasteiger charge is -2.32. The number of hydrogen-bond acceptors (Lipinski definition) is 3. The van der Waals surface area contributed by atoms with E-state index in [1.54, 1.807) is 12.1 Å². The van der Waals surface area contributed by atoms with Crippen molar-refractivity contribution in [2.75, 3.05) is 0 Å². The monoisotopic (exact) mass is 283 g/mol.